The van der Waals surface area contributed by atoms with Crippen LogP contribution >= 0.6 is 0 Å². The molecule has 0 aliphatic carbocycles. The normalized spacial score (nSPS) is 28.0. The van der Waals surface area contributed by atoms with Crippen molar-refractivity contribution in [2.24, 2.45) is 0 Å². The van der Waals surface area contributed by atoms with Gasteiger partial charge in [-0.05, 0) is 19.4 Å². The van der Waals surface area contributed by atoms with Gasteiger partial charge in [0.1, 0.15) is 12.2 Å². The Morgan fingerprint density at radius 2 is 1.48 bits per heavy atom. The Balaban J connectivity index is 0.00000420. The molecular weight excluding hydrogens is 443 g/mol. The monoisotopic (exact) mass is 465 g/mol. The van der Waals surface area contributed by atoms with Crippen molar-refractivity contribution in [2.75, 3.05) is 7.11 Å². The third-order valence-corrected chi connectivity index (χ3v) is 4.92. The number of methoxy groups -OCH3 is 1. The summed E-state index contributed by atoms with van der Waals surface area (Å²) in [6.07, 6.45) is -6.94. The number of benzene rings is 1. The minimum absolute atomic E-state index is 0. The van der Waals surface area contributed by atoms with E-state index in [-0.39, 0.29) is 36.2 Å². The van der Waals surface area contributed by atoms with Gasteiger partial charge >= 0.3 is 50.4 Å². The first-order valence-electron chi connectivity index (χ1n) is 8.06. The van der Waals surface area contributed by atoms with Crippen LogP contribution in [0.1, 0.15) is 18.1 Å². The summed E-state index contributed by atoms with van der Waals surface area (Å²) < 4.78 is 88.3. The summed E-state index contributed by atoms with van der Waals surface area (Å²) in [5.41, 5.74) is 1.76. The van der Waals surface area contributed by atoms with Gasteiger partial charge < -0.3 is 14.2 Å². The van der Waals surface area contributed by atoms with Gasteiger partial charge in [0.05, 0.1) is 12.7 Å². The molecule has 0 bridgehead atoms. The Bertz CT molecular complexity index is 857. The SMILES string of the molecule is CO[C@@H]1O[C@@H](C)[C@H](OCc2ccc(C)cc2)[C@@H](OS(=O)(=O)O)[C@H]1OS(=O)(=O)O.[Na+]. The molecule has 11 nitrogen and oxygen atoms in total. The molecule has 2 rings (SSSR count). The molecule has 0 saturated carbocycles. The second kappa shape index (κ2) is 10.9. The van der Waals surface area contributed by atoms with Crippen molar-refractivity contribution < 1.29 is 78.1 Å². The Hall–Kier alpha value is -0.160. The third-order valence-electron chi connectivity index (χ3n) is 3.99. The Kier molecular flexibility index (Phi) is 10.1. The minimum Gasteiger partial charge on any atom is -0.368 e. The van der Waals surface area contributed by atoms with Crippen LogP contribution in [-0.4, -0.2) is 63.8 Å². The molecule has 160 valence electrons. The smallest absolute Gasteiger partial charge is 0.368 e. The first kappa shape index (κ1) is 26.9. The van der Waals surface area contributed by atoms with Crippen LogP contribution in [0, 0.1) is 6.92 Å². The largest absolute Gasteiger partial charge is 1.00 e. The predicted molar refractivity (Wildman–Crippen MR) is 93.9 cm³/mol. The van der Waals surface area contributed by atoms with Gasteiger partial charge in [0, 0.05) is 7.11 Å². The van der Waals surface area contributed by atoms with Gasteiger partial charge in [-0.1, -0.05) is 29.8 Å². The maximum Gasteiger partial charge on any atom is 1.00 e. The molecule has 0 radical (unpaired) electrons. The van der Waals surface area contributed by atoms with E-state index in [2.05, 4.69) is 8.37 Å². The number of rotatable bonds is 8. The van der Waals surface area contributed by atoms with Crippen LogP contribution in [0.5, 0.6) is 0 Å². The molecule has 0 unspecified atom stereocenters. The fourth-order valence-corrected chi connectivity index (χ4v) is 3.74. The number of hydrogen-bond donors (Lipinski definition) is 2. The van der Waals surface area contributed by atoms with Crippen LogP contribution in [0.3, 0.4) is 0 Å². The zero-order valence-corrected chi connectivity index (χ0v) is 19.9. The van der Waals surface area contributed by atoms with E-state index >= 15 is 0 Å². The van der Waals surface area contributed by atoms with E-state index in [0.717, 1.165) is 18.2 Å². The number of hydrogen-bond acceptors (Lipinski definition) is 9. The maximum atomic E-state index is 11.3. The second-order valence-corrected chi connectivity index (χ2v) is 8.28. The van der Waals surface area contributed by atoms with E-state index in [1.54, 1.807) is 12.1 Å². The first-order chi connectivity index (χ1) is 12.9. The molecule has 1 aliphatic heterocycles. The van der Waals surface area contributed by atoms with Crippen molar-refractivity contribution in [3.8, 4) is 0 Å². The molecule has 1 aromatic rings. The van der Waals surface area contributed by atoms with Crippen molar-refractivity contribution in [3.63, 3.8) is 0 Å². The third kappa shape index (κ3) is 8.47. The van der Waals surface area contributed by atoms with Crippen molar-refractivity contribution >= 4 is 20.8 Å². The summed E-state index contributed by atoms with van der Waals surface area (Å²) in [6.45, 7) is 3.41. The minimum atomic E-state index is -5.04. The Labute approximate surface area is 191 Å². The zero-order valence-electron chi connectivity index (χ0n) is 16.3. The van der Waals surface area contributed by atoms with Gasteiger partial charge in [-0.3, -0.25) is 9.11 Å². The van der Waals surface area contributed by atoms with Crippen molar-refractivity contribution in [1.29, 1.82) is 0 Å². The summed E-state index contributed by atoms with van der Waals surface area (Å²) in [5.74, 6) is 0. The topological polar surface area (TPSA) is 155 Å². The van der Waals surface area contributed by atoms with Gasteiger partial charge in [0.15, 0.2) is 12.4 Å². The molecule has 29 heavy (non-hydrogen) atoms. The van der Waals surface area contributed by atoms with Crippen LogP contribution in [0.25, 0.3) is 0 Å². The quantitative estimate of drug-likeness (QED) is 0.313. The van der Waals surface area contributed by atoms with E-state index in [4.69, 9.17) is 23.3 Å². The summed E-state index contributed by atoms with van der Waals surface area (Å²) in [4.78, 5) is 0. The predicted octanol–water partition coefficient (Wildman–Crippen LogP) is -2.35. The van der Waals surface area contributed by atoms with Crippen LogP contribution in [0.2, 0.25) is 0 Å². The van der Waals surface area contributed by atoms with Gasteiger partial charge in [-0.25, -0.2) is 8.37 Å². The Morgan fingerprint density at radius 3 is 1.97 bits per heavy atom. The summed E-state index contributed by atoms with van der Waals surface area (Å²) in [7, 11) is -8.93. The van der Waals surface area contributed by atoms with Crippen molar-refractivity contribution in [1.82, 2.24) is 0 Å². The van der Waals surface area contributed by atoms with E-state index < -0.39 is 51.5 Å². The van der Waals surface area contributed by atoms with Gasteiger partial charge in [-0.2, -0.15) is 16.8 Å². The van der Waals surface area contributed by atoms with Gasteiger partial charge in [0.25, 0.3) is 0 Å². The molecule has 0 aromatic heterocycles. The second-order valence-electron chi connectivity index (χ2n) is 6.18. The molecule has 14 heteroatoms. The van der Waals surface area contributed by atoms with Crippen LogP contribution in [0.15, 0.2) is 24.3 Å². The van der Waals surface area contributed by atoms with E-state index in [9.17, 15) is 16.8 Å². The molecule has 1 saturated heterocycles. The Morgan fingerprint density at radius 1 is 0.966 bits per heavy atom. The van der Waals surface area contributed by atoms with E-state index in [1.807, 2.05) is 19.1 Å². The van der Waals surface area contributed by atoms with Crippen molar-refractivity contribution in [2.45, 2.75) is 51.2 Å². The van der Waals surface area contributed by atoms with Gasteiger partial charge in [0.2, 0.25) is 0 Å². The molecule has 1 heterocycles. The average molecular weight is 465 g/mol. The zero-order chi connectivity index (χ0) is 21.1. The maximum absolute atomic E-state index is 11.3. The molecule has 1 fully saturated rings. The number of ether oxygens (including phenoxy) is 3. The molecule has 2 N–H and O–H groups in total. The first-order valence-corrected chi connectivity index (χ1v) is 10.8. The molecule has 0 amide bonds. The van der Waals surface area contributed by atoms with Crippen LogP contribution in [-0.2, 0) is 50.0 Å². The summed E-state index contributed by atoms with van der Waals surface area (Å²) >= 11 is 0. The molecule has 1 aromatic carbocycles. The summed E-state index contributed by atoms with van der Waals surface area (Å²) in [6, 6.07) is 7.26. The molecule has 5 atom stereocenters. The molecule has 1 aliphatic rings. The summed E-state index contributed by atoms with van der Waals surface area (Å²) in [5, 5.41) is 0. The standard InChI is InChI=1S/C15H22O11S2.Na/c1-9-4-6-11(7-5-9)8-23-12-10(2)24-15(22-3)14(26-28(19,20)21)13(12)25-27(16,17)18;/h4-7,10,12-15H,8H2,1-3H3,(H,16,17,18)(H,19,20,21);/q;+1/t10-,12-,13+,14+,15+;/m0./s1. The van der Waals surface area contributed by atoms with Crippen molar-refractivity contribution in [3.05, 3.63) is 35.4 Å². The van der Waals surface area contributed by atoms with Crippen LogP contribution < -0.4 is 29.6 Å². The van der Waals surface area contributed by atoms with Crippen LogP contribution in [0.4, 0.5) is 0 Å². The number of aryl methyl sites for hydroxylation is 1. The van der Waals surface area contributed by atoms with E-state index in [0.29, 0.717) is 0 Å². The fraction of sp³-hybridized carbons (Fsp3) is 0.600. The molecular formula is C15H22NaO11S2+. The average Bonchev–Trinajstić information content (AvgIpc) is 2.56. The molecule has 0 spiro atoms. The fourth-order valence-electron chi connectivity index (χ4n) is 2.76. The van der Waals surface area contributed by atoms with E-state index in [1.165, 1.54) is 6.92 Å². The van der Waals surface area contributed by atoms with Gasteiger partial charge in [-0.15, -0.1) is 0 Å².